The largest absolute Gasteiger partial charge is 0.378 e. The molecule has 0 unspecified atom stereocenters. The summed E-state index contributed by atoms with van der Waals surface area (Å²) in [5.41, 5.74) is 1.10. The standard InChI is InChI=1S/C13H20BrN3O/c1-4-7-15-11-10(14)9(8-18-3)16-12(17-11)13(2)5-6-13/h4-8H2,1-3H3,(H,15,16,17). The van der Waals surface area contributed by atoms with Crippen LogP contribution in [-0.4, -0.2) is 23.6 Å². The number of aromatic nitrogens is 2. The summed E-state index contributed by atoms with van der Waals surface area (Å²) in [6.07, 6.45) is 3.42. The number of rotatable bonds is 6. The molecule has 4 nitrogen and oxygen atoms in total. The molecule has 1 aliphatic rings. The van der Waals surface area contributed by atoms with Crippen LogP contribution < -0.4 is 5.32 Å². The van der Waals surface area contributed by atoms with Crippen LogP contribution in [0.5, 0.6) is 0 Å². The molecule has 1 fully saturated rings. The number of methoxy groups -OCH3 is 1. The van der Waals surface area contributed by atoms with E-state index in [0.29, 0.717) is 6.61 Å². The Morgan fingerprint density at radius 1 is 1.39 bits per heavy atom. The van der Waals surface area contributed by atoms with Gasteiger partial charge in [0.05, 0.1) is 16.8 Å². The predicted octanol–water partition coefficient (Wildman–Crippen LogP) is 3.26. The zero-order valence-corrected chi connectivity index (χ0v) is 12.8. The number of anilines is 1. The Morgan fingerprint density at radius 3 is 2.67 bits per heavy atom. The van der Waals surface area contributed by atoms with Gasteiger partial charge in [-0.2, -0.15) is 0 Å². The second-order valence-corrected chi connectivity index (χ2v) is 5.87. The molecule has 2 rings (SSSR count). The molecule has 0 atom stereocenters. The molecule has 0 bridgehead atoms. The summed E-state index contributed by atoms with van der Waals surface area (Å²) in [5.74, 6) is 1.83. The van der Waals surface area contributed by atoms with E-state index in [1.165, 1.54) is 12.8 Å². The van der Waals surface area contributed by atoms with Crippen molar-refractivity contribution < 1.29 is 4.74 Å². The van der Waals surface area contributed by atoms with E-state index in [1.54, 1.807) is 7.11 Å². The molecule has 0 aliphatic heterocycles. The van der Waals surface area contributed by atoms with E-state index in [0.717, 1.165) is 34.8 Å². The van der Waals surface area contributed by atoms with E-state index in [2.05, 4.69) is 45.1 Å². The minimum atomic E-state index is 0.172. The van der Waals surface area contributed by atoms with Crippen LogP contribution in [-0.2, 0) is 16.8 Å². The summed E-state index contributed by atoms with van der Waals surface area (Å²) in [6.45, 7) is 5.78. The van der Waals surface area contributed by atoms with Gasteiger partial charge in [0.1, 0.15) is 11.6 Å². The van der Waals surface area contributed by atoms with Crippen molar-refractivity contribution in [3.05, 3.63) is 16.0 Å². The topological polar surface area (TPSA) is 47.0 Å². The van der Waals surface area contributed by atoms with Crippen molar-refractivity contribution in [3.8, 4) is 0 Å². The lowest BCUT2D eigenvalue weighted by Gasteiger charge is -2.15. The third-order valence-corrected chi connectivity index (χ3v) is 4.12. The molecule has 1 aliphatic carbocycles. The molecule has 0 aromatic carbocycles. The quantitative estimate of drug-likeness (QED) is 0.875. The molecule has 18 heavy (non-hydrogen) atoms. The summed E-state index contributed by atoms with van der Waals surface area (Å²) in [4.78, 5) is 9.30. The maximum atomic E-state index is 5.21. The second kappa shape index (κ2) is 5.53. The molecule has 0 amide bonds. The Morgan fingerprint density at radius 2 is 2.11 bits per heavy atom. The highest BCUT2D eigenvalue weighted by atomic mass is 79.9. The molecule has 100 valence electrons. The molecule has 0 saturated heterocycles. The van der Waals surface area contributed by atoms with E-state index < -0.39 is 0 Å². The first-order chi connectivity index (χ1) is 8.60. The Hall–Kier alpha value is -0.680. The van der Waals surface area contributed by atoms with Crippen LogP contribution in [0.1, 0.15) is 44.6 Å². The Bertz CT molecular complexity index is 432. The van der Waals surface area contributed by atoms with Crippen molar-refractivity contribution in [1.29, 1.82) is 0 Å². The van der Waals surface area contributed by atoms with Crippen LogP contribution in [0.15, 0.2) is 4.47 Å². The van der Waals surface area contributed by atoms with Crippen LogP contribution in [0.4, 0.5) is 5.82 Å². The number of hydrogen-bond donors (Lipinski definition) is 1. The lowest BCUT2D eigenvalue weighted by atomic mass is 10.1. The van der Waals surface area contributed by atoms with Crippen molar-refractivity contribution in [2.24, 2.45) is 0 Å². The van der Waals surface area contributed by atoms with Gasteiger partial charge < -0.3 is 10.1 Å². The second-order valence-electron chi connectivity index (χ2n) is 5.08. The maximum Gasteiger partial charge on any atom is 0.144 e. The fourth-order valence-corrected chi connectivity index (χ4v) is 2.20. The maximum absolute atomic E-state index is 5.21. The van der Waals surface area contributed by atoms with Gasteiger partial charge in [-0.1, -0.05) is 13.8 Å². The molecule has 0 radical (unpaired) electrons. The van der Waals surface area contributed by atoms with Crippen molar-refractivity contribution in [2.45, 2.75) is 45.1 Å². The minimum Gasteiger partial charge on any atom is -0.378 e. The molecule has 1 aromatic heterocycles. The highest BCUT2D eigenvalue weighted by Crippen LogP contribution is 2.46. The summed E-state index contributed by atoms with van der Waals surface area (Å²) in [6, 6.07) is 0. The zero-order chi connectivity index (χ0) is 13.2. The van der Waals surface area contributed by atoms with E-state index in [9.17, 15) is 0 Å². The summed E-state index contributed by atoms with van der Waals surface area (Å²) in [5, 5.41) is 3.35. The third-order valence-electron chi connectivity index (χ3n) is 3.28. The van der Waals surface area contributed by atoms with E-state index in [4.69, 9.17) is 4.74 Å². The lowest BCUT2D eigenvalue weighted by molar-refractivity contribution is 0.180. The van der Waals surface area contributed by atoms with Crippen LogP contribution in [0.2, 0.25) is 0 Å². The van der Waals surface area contributed by atoms with Gasteiger partial charge in [0.25, 0.3) is 0 Å². The van der Waals surface area contributed by atoms with Gasteiger partial charge in [-0.15, -0.1) is 0 Å². The number of ether oxygens (including phenoxy) is 1. The highest BCUT2D eigenvalue weighted by molar-refractivity contribution is 9.10. The number of halogens is 1. The molecular formula is C13H20BrN3O. The van der Waals surface area contributed by atoms with Crippen molar-refractivity contribution >= 4 is 21.7 Å². The summed E-state index contributed by atoms with van der Waals surface area (Å²) < 4.78 is 6.13. The predicted molar refractivity (Wildman–Crippen MR) is 75.8 cm³/mol. The average molecular weight is 314 g/mol. The van der Waals surface area contributed by atoms with Crippen LogP contribution in [0, 0.1) is 0 Å². The van der Waals surface area contributed by atoms with Gasteiger partial charge in [0, 0.05) is 19.1 Å². The number of nitrogens with one attached hydrogen (secondary N) is 1. The molecule has 1 heterocycles. The van der Waals surface area contributed by atoms with Gasteiger partial charge in [0.15, 0.2) is 0 Å². The molecule has 1 N–H and O–H groups in total. The van der Waals surface area contributed by atoms with E-state index >= 15 is 0 Å². The van der Waals surface area contributed by atoms with Crippen LogP contribution in [0.25, 0.3) is 0 Å². The van der Waals surface area contributed by atoms with Gasteiger partial charge in [-0.25, -0.2) is 9.97 Å². The molecular weight excluding hydrogens is 294 g/mol. The fraction of sp³-hybridized carbons (Fsp3) is 0.692. The first kappa shape index (κ1) is 13.7. The van der Waals surface area contributed by atoms with Crippen LogP contribution in [0.3, 0.4) is 0 Å². The lowest BCUT2D eigenvalue weighted by Crippen LogP contribution is -2.14. The average Bonchev–Trinajstić information content (AvgIpc) is 3.10. The Kier molecular flexibility index (Phi) is 4.22. The normalized spacial score (nSPS) is 16.7. The van der Waals surface area contributed by atoms with Crippen LogP contribution >= 0.6 is 15.9 Å². The van der Waals surface area contributed by atoms with Gasteiger partial charge in [-0.3, -0.25) is 0 Å². The number of hydrogen-bond acceptors (Lipinski definition) is 4. The van der Waals surface area contributed by atoms with Crippen molar-refractivity contribution in [1.82, 2.24) is 9.97 Å². The molecule has 5 heteroatoms. The van der Waals surface area contributed by atoms with E-state index in [1.807, 2.05) is 0 Å². The van der Waals surface area contributed by atoms with Gasteiger partial charge in [0.2, 0.25) is 0 Å². The Labute approximate surface area is 117 Å². The molecule has 1 aromatic rings. The number of nitrogens with zero attached hydrogens (tertiary/aromatic N) is 2. The monoisotopic (exact) mass is 313 g/mol. The van der Waals surface area contributed by atoms with Crippen molar-refractivity contribution in [2.75, 3.05) is 19.0 Å². The first-order valence-corrected chi connectivity index (χ1v) is 7.19. The highest BCUT2D eigenvalue weighted by Gasteiger charge is 2.42. The fourth-order valence-electron chi connectivity index (χ4n) is 1.77. The molecule has 0 spiro atoms. The van der Waals surface area contributed by atoms with Gasteiger partial charge in [-0.05, 0) is 35.2 Å². The van der Waals surface area contributed by atoms with Gasteiger partial charge >= 0.3 is 0 Å². The first-order valence-electron chi connectivity index (χ1n) is 6.40. The summed E-state index contributed by atoms with van der Waals surface area (Å²) >= 11 is 3.57. The summed E-state index contributed by atoms with van der Waals surface area (Å²) in [7, 11) is 1.69. The smallest absolute Gasteiger partial charge is 0.144 e. The zero-order valence-electron chi connectivity index (χ0n) is 11.2. The third kappa shape index (κ3) is 2.83. The van der Waals surface area contributed by atoms with Crippen molar-refractivity contribution in [3.63, 3.8) is 0 Å². The minimum absolute atomic E-state index is 0.172. The SMILES string of the molecule is CCCNc1nc(C2(C)CC2)nc(COC)c1Br. The van der Waals surface area contributed by atoms with E-state index in [-0.39, 0.29) is 5.41 Å². The Balaban J connectivity index is 2.34. The molecule has 1 saturated carbocycles.